The molecule has 1 aromatic rings. The van der Waals surface area contributed by atoms with Crippen LogP contribution in [0.1, 0.15) is 39.2 Å². The Balaban J connectivity index is 2.52. The van der Waals surface area contributed by atoms with Crippen LogP contribution in [0.15, 0.2) is 24.3 Å². The van der Waals surface area contributed by atoms with Crippen LogP contribution in [0.25, 0.3) is 0 Å². The second-order valence-corrected chi connectivity index (χ2v) is 5.46. The van der Waals surface area contributed by atoms with Crippen molar-refractivity contribution in [2.75, 3.05) is 13.7 Å². The zero-order valence-corrected chi connectivity index (χ0v) is 13.5. The van der Waals surface area contributed by atoms with Crippen molar-refractivity contribution in [2.24, 2.45) is 0 Å². The number of unbranched alkanes of at least 4 members (excludes halogenated alkanes) is 1. The molecule has 0 heterocycles. The van der Waals surface area contributed by atoms with Gasteiger partial charge in [-0.25, -0.2) is 0 Å². The second-order valence-electron chi connectivity index (χ2n) is 5.46. The Kier molecular flexibility index (Phi) is 7.83. The zero-order chi connectivity index (χ0) is 15.7. The van der Waals surface area contributed by atoms with Gasteiger partial charge in [-0.3, -0.25) is 10.1 Å². The highest BCUT2D eigenvalue weighted by Gasteiger charge is 2.20. The topological polar surface area (TPSA) is 47.6 Å². The van der Waals surface area contributed by atoms with E-state index in [0.717, 1.165) is 12.2 Å². The number of hydrogen-bond acceptors (Lipinski definition) is 4. The van der Waals surface area contributed by atoms with E-state index in [1.165, 1.54) is 25.5 Å². The van der Waals surface area contributed by atoms with E-state index in [9.17, 15) is 4.79 Å². The molecule has 21 heavy (non-hydrogen) atoms. The number of nitrogens with one attached hydrogen (secondary N) is 1. The third-order valence-electron chi connectivity index (χ3n) is 3.18. The summed E-state index contributed by atoms with van der Waals surface area (Å²) >= 11 is 0. The maximum atomic E-state index is 11.7. The van der Waals surface area contributed by atoms with Crippen molar-refractivity contribution in [1.29, 1.82) is 0 Å². The normalized spacial score (nSPS) is 12.2. The first-order chi connectivity index (χ1) is 10.1. The fourth-order valence-electron chi connectivity index (χ4n) is 2.04. The summed E-state index contributed by atoms with van der Waals surface area (Å²) in [6.45, 7) is 6.42. The summed E-state index contributed by atoms with van der Waals surface area (Å²) in [6.07, 6.45) is 3.49. The summed E-state index contributed by atoms with van der Waals surface area (Å²) in [5, 5.41) is 3.14. The van der Waals surface area contributed by atoms with Crippen LogP contribution in [0.2, 0.25) is 0 Å². The lowest BCUT2D eigenvalue weighted by Gasteiger charge is -2.19. The standard InChI is InChI=1S/C17H27NO3/c1-5-6-7-14-8-10-15(11-9-14)21-12-16(17(19)20-4)18-13(2)3/h8-11,13,16,18H,5-7,12H2,1-4H3. The molecule has 1 atom stereocenters. The van der Waals surface area contributed by atoms with Crippen molar-refractivity contribution in [3.05, 3.63) is 29.8 Å². The van der Waals surface area contributed by atoms with Crippen molar-refractivity contribution >= 4 is 5.97 Å². The minimum Gasteiger partial charge on any atom is -0.491 e. The van der Waals surface area contributed by atoms with E-state index in [2.05, 4.69) is 24.4 Å². The minimum atomic E-state index is -0.449. The van der Waals surface area contributed by atoms with Gasteiger partial charge < -0.3 is 9.47 Å². The second kappa shape index (κ2) is 9.40. The largest absolute Gasteiger partial charge is 0.491 e. The number of aryl methyl sites for hydroxylation is 1. The van der Waals surface area contributed by atoms with Gasteiger partial charge in [-0.15, -0.1) is 0 Å². The molecule has 0 aliphatic carbocycles. The predicted molar refractivity (Wildman–Crippen MR) is 84.6 cm³/mol. The van der Waals surface area contributed by atoms with Crippen molar-refractivity contribution in [3.63, 3.8) is 0 Å². The summed E-state index contributed by atoms with van der Waals surface area (Å²) in [4.78, 5) is 11.7. The number of esters is 1. The first-order valence-electron chi connectivity index (χ1n) is 7.62. The minimum absolute atomic E-state index is 0.189. The number of methoxy groups -OCH3 is 1. The number of ether oxygens (including phenoxy) is 2. The van der Waals surface area contributed by atoms with Crippen LogP contribution in [0.3, 0.4) is 0 Å². The average molecular weight is 293 g/mol. The lowest BCUT2D eigenvalue weighted by Crippen LogP contribution is -2.45. The van der Waals surface area contributed by atoms with Crippen LogP contribution in [-0.2, 0) is 16.0 Å². The van der Waals surface area contributed by atoms with Crippen molar-refractivity contribution in [1.82, 2.24) is 5.32 Å². The first-order valence-corrected chi connectivity index (χ1v) is 7.62. The molecule has 1 N–H and O–H groups in total. The van der Waals surface area contributed by atoms with Gasteiger partial charge in [0.05, 0.1) is 7.11 Å². The highest BCUT2D eigenvalue weighted by atomic mass is 16.5. The van der Waals surface area contributed by atoms with Crippen molar-refractivity contribution < 1.29 is 14.3 Å². The molecule has 0 saturated heterocycles. The maximum absolute atomic E-state index is 11.7. The smallest absolute Gasteiger partial charge is 0.326 e. The summed E-state index contributed by atoms with van der Waals surface area (Å²) in [5.41, 5.74) is 1.31. The lowest BCUT2D eigenvalue weighted by atomic mass is 10.1. The highest BCUT2D eigenvalue weighted by Crippen LogP contribution is 2.14. The summed E-state index contributed by atoms with van der Waals surface area (Å²) in [7, 11) is 1.39. The van der Waals surface area contributed by atoms with Crippen LogP contribution < -0.4 is 10.1 Å². The van der Waals surface area contributed by atoms with Crippen LogP contribution in [0.4, 0.5) is 0 Å². The molecular weight excluding hydrogens is 266 g/mol. The molecule has 0 aromatic heterocycles. The van der Waals surface area contributed by atoms with E-state index in [1.807, 2.05) is 26.0 Å². The van der Waals surface area contributed by atoms with Crippen LogP contribution in [0.5, 0.6) is 5.75 Å². The van der Waals surface area contributed by atoms with E-state index < -0.39 is 6.04 Å². The van der Waals surface area contributed by atoms with Gasteiger partial charge in [0.2, 0.25) is 0 Å². The van der Waals surface area contributed by atoms with E-state index >= 15 is 0 Å². The van der Waals surface area contributed by atoms with E-state index in [0.29, 0.717) is 0 Å². The molecule has 0 saturated carbocycles. The number of hydrogen-bond donors (Lipinski definition) is 1. The number of benzene rings is 1. The Labute approximate surface area is 127 Å². The molecule has 118 valence electrons. The SMILES string of the molecule is CCCCc1ccc(OCC(NC(C)C)C(=O)OC)cc1. The third kappa shape index (κ3) is 6.63. The molecule has 0 amide bonds. The summed E-state index contributed by atoms with van der Waals surface area (Å²) < 4.78 is 10.5. The lowest BCUT2D eigenvalue weighted by molar-refractivity contribution is -0.144. The first kappa shape index (κ1) is 17.5. The van der Waals surface area contributed by atoms with Gasteiger partial charge in [0.1, 0.15) is 18.4 Å². The van der Waals surface area contributed by atoms with Crippen LogP contribution in [-0.4, -0.2) is 31.8 Å². The monoisotopic (exact) mass is 293 g/mol. The summed E-state index contributed by atoms with van der Waals surface area (Å²) in [6, 6.07) is 7.80. The van der Waals surface area contributed by atoms with Gasteiger partial charge in [-0.1, -0.05) is 39.3 Å². The third-order valence-corrected chi connectivity index (χ3v) is 3.18. The van der Waals surface area contributed by atoms with Crippen LogP contribution in [0, 0.1) is 0 Å². The molecule has 0 radical (unpaired) electrons. The molecule has 0 bridgehead atoms. The van der Waals surface area contributed by atoms with Gasteiger partial charge in [0.15, 0.2) is 0 Å². The van der Waals surface area contributed by atoms with Gasteiger partial charge in [0, 0.05) is 6.04 Å². The predicted octanol–water partition coefficient (Wildman–Crippen LogP) is 2.95. The van der Waals surface area contributed by atoms with Crippen molar-refractivity contribution in [2.45, 2.75) is 52.1 Å². The molecule has 4 nitrogen and oxygen atoms in total. The Morgan fingerprint density at radius 1 is 1.24 bits per heavy atom. The molecule has 4 heteroatoms. The molecule has 0 aliphatic rings. The maximum Gasteiger partial charge on any atom is 0.326 e. The number of carbonyl (C=O) groups excluding carboxylic acids is 1. The van der Waals surface area contributed by atoms with Crippen LogP contribution >= 0.6 is 0 Å². The quantitative estimate of drug-likeness (QED) is 0.711. The summed E-state index contributed by atoms with van der Waals surface area (Å²) in [5.74, 6) is 0.470. The molecule has 0 spiro atoms. The Morgan fingerprint density at radius 3 is 2.43 bits per heavy atom. The van der Waals surface area contributed by atoms with Gasteiger partial charge in [-0.05, 0) is 30.5 Å². The van der Waals surface area contributed by atoms with E-state index in [4.69, 9.17) is 9.47 Å². The number of carbonyl (C=O) groups is 1. The highest BCUT2D eigenvalue weighted by molar-refractivity contribution is 5.75. The molecule has 0 aliphatic heterocycles. The molecular formula is C17H27NO3. The Bertz CT molecular complexity index is 415. The zero-order valence-electron chi connectivity index (χ0n) is 13.5. The van der Waals surface area contributed by atoms with Crippen molar-refractivity contribution in [3.8, 4) is 5.75 Å². The number of rotatable bonds is 9. The molecule has 0 fully saturated rings. The Hall–Kier alpha value is -1.55. The van der Waals surface area contributed by atoms with Gasteiger partial charge in [-0.2, -0.15) is 0 Å². The fourth-order valence-corrected chi connectivity index (χ4v) is 2.04. The molecule has 1 unspecified atom stereocenters. The van der Waals surface area contributed by atoms with E-state index in [-0.39, 0.29) is 18.6 Å². The van der Waals surface area contributed by atoms with E-state index in [1.54, 1.807) is 0 Å². The Morgan fingerprint density at radius 2 is 1.90 bits per heavy atom. The molecule has 1 rings (SSSR count). The fraction of sp³-hybridized carbons (Fsp3) is 0.588. The van der Waals surface area contributed by atoms with Gasteiger partial charge in [0.25, 0.3) is 0 Å². The van der Waals surface area contributed by atoms with Gasteiger partial charge >= 0.3 is 5.97 Å². The average Bonchev–Trinajstić information content (AvgIpc) is 2.49. The molecule has 1 aromatic carbocycles.